The van der Waals surface area contributed by atoms with Crippen LogP contribution in [0, 0.1) is 5.82 Å². The van der Waals surface area contributed by atoms with Crippen LogP contribution in [0.5, 0.6) is 0 Å². The predicted molar refractivity (Wildman–Crippen MR) is 94.6 cm³/mol. The number of sulfonamides is 1. The summed E-state index contributed by atoms with van der Waals surface area (Å²) in [5, 5.41) is 7.79. The summed E-state index contributed by atoms with van der Waals surface area (Å²) in [5.41, 5.74) is 2.39. The topological polar surface area (TPSA) is 89.3 Å². The molecule has 0 aliphatic carbocycles. The molecule has 3 N–H and O–H groups in total. The first-order valence-corrected chi connectivity index (χ1v) is 9.14. The molecule has 0 atom stereocenters. The van der Waals surface area contributed by atoms with E-state index in [2.05, 4.69) is 5.32 Å². The van der Waals surface area contributed by atoms with Crippen molar-refractivity contribution < 1.29 is 17.6 Å². The van der Waals surface area contributed by atoms with Crippen molar-refractivity contribution in [2.45, 2.75) is 18.2 Å². The highest BCUT2D eigenvalue weighted by Gasteiger charge is 2.07. The number of nitrogens with one attached hydrogen (secondary N) is 1. The van der Waals surface area contributed by atoms with Crippen LogP contribution >= 0.6 is 0 Å². The quantitative estimate of drug-likeness (QED) is 0.772. The van der Waals surface area contributed by atoms with Crippen LogP contribution in [0.1, 0.15) is 18.1 Å². The van der Waals surface area contributed by atoms with E-state index in [9.17, 15) is 17.6 Å². The number of allylic oxidation sites excluding steroid dienone is 1. The Morgan fingerprint density at radius 1 is 1.12 bits per heavy atom. The molecule has 0 unspecified atom stereocenters. The van der Waals surface area contributed by atoms with Gasteiger partial charge in [0.25, 0.3) is 0 Å². The Kier molecular flexibility index (Phi) is 6.06. The fourth-order valence-electron chi connectivity index (χ4n) is 2.22. The Bertz CT molecular complexity index is 874. The maximum atomic E-state index is 12.9. The second-order valence-corrected chi connectivity index (χ2v) is 7.13. The van der Waals surface area contributed by atoms with Gasteiger partial charge in [-0.25, -0.2) is 17.9 Å². The molecule has 0 aromatic heterocycles. The Hall–Kier alpha value is -2.51. The Balaban J connectivity index is 1.87. The molecule has 0 saturated carbocycles. The summed E-state index contributed by atoms with van der Waals surface area (Å²) in [6.07, 6.45) is 2.01. The van der Waals surface area contributed by atoms with Crippen molar-refractivity contribution in [1.29, 1.82) is 0 Å². The standard InChI is InChI=1S/C18H19FN2O3S/c1-13(15-4-6-16(19)7-5-15)12-18(22)21-11-10-14-2-8-17(9-3-14)25(20,23)24/h2-9,12H,10-11H2,1H3,(H,21,22)(H2,20,23,24)/b13-12-. The van der Waals surface area contributed by atoms with Gasteiger partial charge < -0.3 is 5.32 Å². The number of primary sulfonamides is 1. The van der Waals surface area contributed by atoms with E-state index in [1.807, 2.05) is 0 Å². The molecule has 5 nitrogen and oxygen atoms in total. The molecule has 0 saturated heterocycles. The van der Waals surface area contributed by atoms with E-state index in [1.165, 1.54) is 30.3 Å². The number of benzene rings is 2. The maximum Gasteiger partial charge on any atom is 0.244 e. The number of carbonyl (C=O) groups is 1. The molecule has 2 rings (SSSR count). The van der Waals surface area contributed by atoms with Crippen LogP contribution in [0.4, 0.5) is 4.39 Å². The molecule has 0 spiro atoms. The first kappa shape index (κ1) is 18.8. The smallest absolute Gasteiger partial charge is 0.244 e. The molecule has 1 amide bonds. The SMILES string of the molecule is C/C(=C/C(=O)NCCc1ccc(S(N)(=O)=O)cc1)c1ccc(F)cc1. The minimum Gasteiger partial charge on any atom is -0.352 e. The van der Waals surface area contributed by atoms with E-state index < -0.39 is 10.0 Å². The molecule has 0 bridgehead atoms. The third-order valence-electron chi connectivity index (χ3n) is 3.61. The van der Waals surface area contributed by atoms with Crippen LogP contribution in [-0.2, 0) is 21.2 Å². The van der Waals surface area contributed by atoms with Crippen LogP contribution < -0.4 is 10.5 Å². The summed E-state index contributed by atoms with van der Waals surface area (Å²) in [6.45, 7) is 2.18. The van der Waals surface area contributed by atoms with Crippen LogP contribution in [0.2, 0.25) is 0 Å². The Labute approximate surface area is 146 Å². The zero-order chi connectivity index (χ0) is 18.4. The van der Waals surface area contributed by atoms with Gasteiger partial charge in [-0.3, -0.25) is 4.79 Å². The van der Waals surface area contributed by atoms with Gasteiger partial charge in [0.1, 0.15) is 5.82 Å². The van der Waals surface area contributed by atoms with Gasteiger partial charge in [-0.1, -0.05) is 24.3 Å². The fraction of sp³-hybridized carbons (Fsp3) is 0.167. The lowest BCUT2D eigenvalue weighted by atomic mass is 10.1. The van der Waals surface area contributed by atoms with E-state index in [-0.39, 0.29) is 16.6 Å². The van der Waals surface area contributed by atoms with E-state index in [0.717, 1.165) is 16.7 Å². The average Bonchev–Trinajstić information content (AvgIpc) is 2.55. The molecule has 0 radical (unpaired) electrons. The van der Waals surface area contributed by atoms with Gasteiger partial charge in [0, 0.05) is 12.6 Å². The lowest BCUT2D eigenvalue weighted by Crippen LogP contribution is -2.23. The monoisotopic (exact) mass is 362 g/mol. The minimum absolute atomic E-state index is 0.0538. The highest BCUT2D eigenvalue weighted by atomic mass is 32.2. The molecule has 0 fully saturated rings. The van der Waals surface area contributed by atoms with Crippen molar-refractivity contribution in [3.8, 4) is 0 Å². The van der Waals surface area contributed by atoms with Crippen LogP contribution in [-0.4, -0.2) is 20.9 Å². The van der Waals surface area contributed by atoms with Crippen LogP contribution in [0.3, 0.4) is 0 Å². The van der Waals surface area contributed by atoms with Gasteiger partial charge in [-0.05, 0) is 54.3 Å². The van der Waals surface area contributed by atoms with Crippen molar-refractivity contribution in [3.05, 3.63) is 71.6 Å². The minimum atomic E-state index is -3.70. The van der Waals surface area contributed by atoms with Crippen molar-refractivity contribution in [2.24, 2.45) is 5.14 Å². The summed E-state index contributed by atoms with van der Waals surface area (Å²) in [5.74, 6) is -0.572. The largest absolute Gasteiger partial charge is 0.352 e. The molecule has 0 aliphatic heterocycles. The Morgan fingerprint density at radius 2 is 1.72 bits per heavy atom. The summed E-state index contributed by atoms with van der Waals surface area (Å²) >= 11 is 0. The third kappa shape index (κ3) is 5.81. The molecule has 0 aliphatic rings. The normalized spacial score (nSPS) is 12.0. The van der Waals surface area contributed by atoms with Crippen molar-refractivity contribution in [1.82, 2.24) is 5.32 Å². The number of amides is 1. The first-order chi connectivity index (χ1) is 11.8. The van der Waals surface area contributed by atoms with Gasteiger partial charge >= 0.3 is 0 Å². The number of hydrogen-bond donors (Lipinski definition) is 2. The molecule has 0 heterocycles. The number of carbonyl (C=O) groups excluding carboxylic acids is 1. The summed E-state index contributed by atoms with van der Waals surface area (Å²) < 4.78 is 35.3. The highest BCUT2D eigenvalue weighted by molar-refractivity contribution is 7.89. The number of rotatable bonds is 6. The second kappa shape index (κ2) is 8.04. The van der Waals surface area contributed by atoms with E-state index >= 15 is 0 Å². The zero-order valence-electron chi connectivity index (χ0n) is 13.7. The van der Waals surface area contributed by atoms with Gasteiger partial charge in [0.15, 0.2) is 0 Å². The average molecular weight is 362 g/mol. The van der Waals surface area contributed by atoms with Gasteiger partial charge in [-0.2, -0.15) is 0 Å². The van der Waals surface area contributed by atoms with E-state index in [1.54, 1.807) is 31.2 Å². The number of halogens is 1. The third-order valence-corrected chi connectivity index (χ3v) is 4.54. The number of nitrogens with two attached hydrogens (primary N) is 1. The van der Waals surface area contributed by atoms with Crippen molar-refractivity contribution in [2.75, 3.05) is 6.54 Å². The zero-order valence-corrected chi connectivity index (χ0v) is 14.5. The second-order valence-electron chi connectivity index (χ2n) is 5.56. The van der Waals surface area contributed by atoms with E-state index in [0.29, 0.717) is 13.0 Å². The fourth-order valence-corrected chi connectivity index (χ4v) is 2.74. The molecule has 132 valence electrons. The lowest BCUT2D eigenvalue weighted by Gasteiger charge is -2.05. The molecular formula is C18H19FN2O3S. The molecule has 2 aromatic carbocycles. The van der Waals surface area contributed by atoms with Gasteiger partial charge in [-0.15, -0.1) is 0 Å². The maximum absolute atomic E-state index is 12.9. The summed E-state index contributed by atoms with van der Waals surface area (Å²) in [6, 6.07) is 12.1. The van der Waals surface area contributed by atoms with Gasteiger partial charge in [0.05, 0.1) is 4.90 Å². The number of hydrogen-bond acceptors (Lipinski definition) is 3. The van der Waals surface area contributed by atoms with Crippen LogP contribution in [0.15, 0.2) is 59.5 Å². The molecular weight excluding hydrogens is 343 g/mol. The highest BCUT2D eigenvalue weighted by Crippen LogP contribution is 2.14. The molecule has 25 heavy (non-hydrogen) atoms. The van der Waals surface area contributed by atoms with Crippen molar-refractivity contribution >= 4 is 21.5 Å². The van der Waals surface area contributed by atoms with E-state index in [4.69, 9.17) is 5.14 Å². The predicted octanol–water partition coefficient (Wildman–Crippen LogP) is 2.24. The molecule has 7 heteroatoms. The molecule has 2 aromatic rings. The summed E-state index contributed by atoms with van der Waals surface area (Å²) in [7, 11) is -3.70. The Morgan fingerprint density at radius 3 is 2.28 bits per heavy atom. The summed E-state index contributed by atoms with van der Waals surface area (Å²) in [4.78, 5) is 12.0. The lowest BCUT2D eigenvalue weighted by molar-refractivity contribution is -0.116. The van der Waals surface area contributed by atoms with Crippen molar-refractivity contribution in [3.63, 3.8) is 0 Å². The first-order valence-electron chi connectivity index (χ1n) is 7.59. The van der Waals surface area contributed by atoms with Crippen LogP contribution in [0.25, 0.3) is 5.57 Å². The van der Waals surface area contributed by atoms with Gasteiger partial charge in [0.2, 0.25) is 15.9 Å².